The molecule has 0 aromatic heterocycles. The van der Waals surface area contributed by atoms with E-state index in [4.69, 9.17) is 24.7 Å². The maximum Gasteiger partial charge on any atom is 0.303 e. The van der Waals surface area contributed by atoms with E-state index in [-0.39, 0.29) is 43.1 Å². The van der Waals surface area contributed by atoms with Gasteiger partial charge in [0.25, 0.3) is 11.8 Å². The van der Waals surface area contributed by atoms with Crippen molar-refractivity contribution in [3.05, 3.63) is 27.8 Å². The van der Waals surface area contributed by atoms with E-state index in [1.807, 2.05) is 0 Å². The molecule has 0 saturated heterocycles. The molecule has 0 aliphatic heterocycles. The van der Waals surface area contributed by atoms with Crippen molar-refractivity contribution >= 4 is 41.4 Å². The molecular formula is C27H39N3O10. The number of carbonyl (C=O) groups is 6. The van der Waals surface area contributed by atoms with Gasteiger partial charge in [-0.25, -0.2) is 0 Å². The quantitative estimate of drug-likeness (QED) is 0.199. The van der Waals surface area contributed by atoms with Gasteiger partial charge in [0.2, 0.25) is 0 Å². The summed E-state index contributed by atoms with van der Waals surface area (Å²) in [6, 6.07) is 0. The van der Waals surface area contributed by atoms with E-state index in [1.54, 1.807) is 20.8 Å². The summed E-state index contributed by atoms with van der Waals surface area (Å²) in [6.45, 7) is 9.16. The topological polar surface area (TPSA) is 181 Å². The molecule has 222 valence electrons. The number of esters is 4. The summed E-state index contributed by atoms with van der Waals surface area (Å²) in [5, 5.41) is 2.67. The molecule has 0 bridgehead atoms. The Hall–Kier alpha value is -4.16. The van der Waals surface area contributed by atoms with Gasteiger partial charge in [0, 0.05) is 51.6 Å². The van der Waals surface area contributed by atoms with E-state index >= 15 is 0 Å². The van der Waals surface area contributed by atoms with E-state index in [2.05, 4.69) is 5.32 Å². The van der Waals surface area contributed by atoms with Gasteiger partial charge in [0.15, 0.2) is 12.2 Å². The van der Waals surface area contributed by atoms with Crippen molar-refractivity contribution in [3.63, 3.8) is 0 Å². The second-order valence-corrected chi connectivity index (χ2v) is 9.21. The highest BCUT2D eigenvalue weighted by Gasteiger charge is 2.29. The summed E-state index contributed by atoms with van der Waals surface area (Å²) in [4.78, 5) is 73.8. The van der Waals surface area contributed by atoms with E-state index in [1.165, 1.54) is 39.6 Å². The van der Waals surface area contributed by atoms with Crippen LogP contribution in [0.1, 0.15) is 72.0 Å². The lowest BCUT2D eigenvalue weighted by atomic mass is 9.88. The van der Waals surface area contributed by atoms with Crippen LogP contribution < -0.4 is 11.1 Å². The van der Waals surface area contributed by atoms with Gasteiger partial charge in [-0.15, -0.1) is 0 Å². The fourth-order valence-electron chi connectivity index (χ4n) is 4.10. The molecule has 3 N–H and O–H groups in total. The van der Waals surface area contributed by atoms with Gasteiger partial charge in [0.05, 0.1) is 13.1 Å². The molecule has 13 nitrogen and oxygen atoms in total. The summed E-state index contributed by atoms with van der Waals surface area (Å²) in [7, 11) is 1.49. The zero-order chi connectivity index (χ0) is 30.7. The number of hydrogen-bond donors (Lipinski definition) is 2. The second kappa shape index (κ2) is 15.4. The highest BCUT2D eigenvalue weighted by Crippen LogP contribution is 2.31. The van der Waals surface area contributed by atoms with Crippen LogP contribution in [0, 0.1) is 13.8 Å². The summed E-state index contributed by atoms with van der Waals surface area (Å²) in [5.74, 6) is -3.42. The number of anilines is 1. The van der Waals surface area contributed by atoms with E-state index < -0.39 is 47.9 Å². The first-order valence-corrected chi connectivity index (χ1v) is 12.7. The summed E-state index contributed by atoms with van der Waals surface area (Å²) in [6.07, 6.45) is -1.55. The van der Waals surface area contributed by atoms with Crippen LogP contribution in [0.4, 0.5) is 5.69 Å². The number of carbonyl (C=O) groups excluding carboxylic acids is 6. The van der Waals surface area contributed by atoms with Crippen molar-refractivity contribution in [1.82, 2.24) is 10.2 Å². The average Bonchev–Trinajstić information content (AvgIpc) is 2.85. The number of amides is 2. The number of benzene rings is 1. The number of hydrogen-bond acceptors (Lipinski definition) is 11. The molecule has 0 heterocycles. The number of nitrogens with one attached hydrogen (secondary N) is 1. The number of nitrogen functional groups attached to an aromatic ring is 1. The molecule has 13 heteroatoms. The molecule has 0 saturated carbocycles. The first-order chi connectivity index (χ1) is 18.6. The molecule has 1 aromatic rings. The van der Waals surface area contributed by atoms with E-state index in [9.17, 15) is 28.8 Å². The molecular weight excluding hydrogens is 526 g/mol. The third-order valence-corrected chi connectivity index (χ3v) is 5.88. The Bertz CT molecular complexity index is 1150. The highest BCUT2D eigenvalue weighted by atomic mass is 16.6. The minimum absolute atomic E-state index is 0.0934. The third kappa shape index (κ3) is 9.86. The Kier molecular flexibility index (Phi) is 13.1. The maximum atomic E-state index is 13.7. The van der Waals surface area contributed by atoms with Gasteiger partial charge in [-0.3, -0.25) is 28.8 Å². The minimum atomic E-state index is -0.929. The molecule has 0 radical (unpaired) electrons. The first kappa shape index (κ1) is 33.9. The Morgan fingerprint density at radius 1 is 0.800 bits per heavy atom. The van der Waals surface area contributed by atoms with Crippen molar-refractivity contribution < 1.29 is 47.7 Å². The molecule has 0 aliphatic rings. The number of likely N-dealkylation sites (N-methyl/N-ethyl adjacent to an activating group) is 1. The van der Waals surface area contributed by atoms with Crippen LogP contribution in [0.2, 0.25) is 0 Å². The number of ether oxygens (including phenoxy) is 4. The van der Waals surface area contributed by atoms with Gasteiger partial charge < -0.3 is 34.9 Å². The smallest absolute Gasteiger partial charge is 0.303 e. The van der Waals surface area contributed by atoms with Crippen LogP contribution in [-0.4, -0.2) is 86.2 Å². The van der Waals surface area contributed by atoms with Crippen molar-refractivity contribution in [2.75, 3.05) is 39.1 Å². The van der Waals surface area contributed by atoms with Gasteiger partial charge in [-0.05, 0) is 37.0 Å². The van der Waals surface area contributed by atoms with Crippen molar-refractivity contribution in [3.8, 4) is 0 Å². The molecule has 1 aromatic carbocycles. The fourth-order valence-corrected chi connectivity index (χ4v) is 4.10. The molecule has 1 rings (SSSR count). The van der Waals surface area contributed by atoms with E-state index in [0.29, 0.717) is 23.1 Å². The molecule has 2 unspecified atom stereocenters. The number of rotatable bonds is 13. The van der Waals surface area contributed by atoms with Crippen LogP contribution in [-0.2, 0) is 44.5 Å². The fraction of sp³-hybridized carbons (Fsp3) is 0.556. The van der Waals surface area contributed by atoms with Crippen molar-refractivity contribution in [2.24, 2.45) is 0 Å². The third-order valence-electron chi connectivity index (χ3n) is 5.88. The lowest BCUT2D eigenvalue weighted by Crippen LogP contribution is -2.40. The lowest BCUT2D eigenvalue weighted by Gasteiger charge is -2.27. The summed E-state index contributed by atoms with van der Waals surface area (Å²) >= 11 is 0. The van der Waals surface area contributed by atoms with Crippen LogP contribution >= 0.6 is 0 Å². The first-order valence-electron chi connectivity index (χ1n) is 12.7. The minimum Gasteiger partial charge on any atom is -0.462 e. The zero-order valence-corrected chi connectivity index (χ0v) is 24.3. The molecule has 40 heavy (non-hydrogen) atoms. The number of nitrogens with zero attached hydrogens (tertiary/aromatic N) is 1. The zero-order valence-electron chi connectivity index (χ0n) is 24.3. The highest BCUT2D eigenvalue weighted by molar-refractivity contribution is 6.06. The predicted octanol–water partition coefficient (Wildman–Crippen LogP) is 1.24. The Morgan fingerprint density at radius 2 is 1.27 bits per heavy atom. The average molecular weight is 566 g/mol. The van der Waals surface area contributed by atoms with Gasteiger partial charge in [-0.2, -0.15) is 0 Å². The largest absolute Gasteiger partial charge is 0.462 e. The summed E-state index contributed by atoms with van der Waals surface area (Å²) in [5.41, 5.74) is 8.34. The SMILES string of the molecule is CCc1c(C(=O)NCC(COC(C)=O)OC(C)=O)c(C)c(N)c(C)c1C(=O)N(C)CC(COC(C)=O)OC(C)=O. The molecule has 2 atom stereocenters. The van der Waals surface area contributed by atoms with Crippen LogP contribution in [0.5, 0.6) is 0 Å². The molecule has 2 amide bonds. The second-order valence-electron chi connectivity index (χ2n) is 9.21. The molecule has 0 aliphatic carbocycles. The van der Waals surface area contributed by atoms with Crippen molar-refractivity contribution in [1.29, 1.82) is 0 Å². The van der Waals surface area contributed by atoms with Crippen molar-refractivity contribution in [2.45, 2.75) is 67.1 Å². The Morgan fingerprint density at radius 3 is 1.75 bits per heavy atom. The van der Waals surface area contributed by atoms with E-state index in [0.717, 1.165) is 0 Å². The molecule has 0 fully saturated rings. The monoisotopic (exact) mass is 565 g/mol. The van der Waals surface area contributed by atoms with Gasteiger partial charge in [-0.1, -0.05) is 6.92 Å². The predicted molar refractivity (Wildman–Crippen MR) is 143 cm³/mol. The normalized spacial score (nSPS) is 12.0. The van der Waals surface area contributed by atoms with Crippen LogP contribution in [0.15, 0.2) is 0 Å². The maximum absolute atomic E-state index is 13.7. The number of nitrogens with two attached hydrogens (primary N) is 1. The standard InChI is InChI=1S/C27H39N3O10/c1-9-22-23(26(35)29-10-20(39-18(6)33)12-37-16(4)31)14(2)25(28)15(3)24(22)27(36)30(8)11-21(40-19(7)34)13-38-17(5)32/h20-21H,9-13,28H2,1-8H3,(H,29,35). The van der Waals surface area contributed by atoms with Crippen LogP contribution in [0.25, 0.3) is 0 Å². The van der Waals surface area contributed by atoms with Crippen LogP contribution in [0.3, 0.4) is 0 Å². The molecule has 0 spiro atoms. The summed E-state index contributed by atoms with van der Waals surface area (Å²) < 4.78 is 20.2. The van der Waals surface area contributed by atoms with Gasteiger partial charge in [0.1, 0.15) is 13.2 Å². The van der Waals surface area contributed by atoms with Gasteiger partial charge >= 0.3 is 23.9 Å². The Balaban J connectivity index is 3.36. The Labute approximate surface area is 233 Å². The lowest BCUT2D eigenvalue weighted by molar-refractivity contribution is -0.156.